The topological polar surface area (TPSA) is 185 Å². The molecule has 2 aromatic carbocycles. The SMILES string of the molecule is C=CCN(Cc1ccc(C(=O)NC(CCC(=O)O)C(=O)O)cc1)c1ccc2nc(N)nc(N)c2c1. The third kappa shape index (κ3) is 6.44. The number of nitrogen functional groups attached to an aromatic ring is 2. The van der Waals surface area contributed by atoms with Gasteiger partial charge in [-0.3, -0.25) is 9.59 Å². The fourth-order valence-corrected chi connectivity index (χ4v) is 3.52. The number of aliphatic carboxylic acids is 2. The van der Waals surface area contributed by atoms with Crippen LogP contribution in [0.4, 0.5) is 17.5 Å². The van der Waals surface area contributed by atoms with Crippen LogP contribution in [0.5, 0.6) is 0 Å². The Balaban J connectivity index is 1.74. The number of carboxylic acid groups (broad SMARTS) is 2. The number of aromatic nitrogens is 2. The number of nitrogens with one attached hydrogen (secondary N) is 1. The summed E-state index contributed by atoms with van der Waals surface area (Å²) in [5.41, 5.74) is 14.3. The van der Waals surface area contributed by atoms with Crippen LogP contribution in [-0.4, -0.2) is 50.6 Å². The third-order valence-corrected chi connectivity index (χ3v) is 5.28. The summed E-state index contributed by atoms with van der Waals surface area (Å²) in [6.07, 6.45) is 1.19. The van der Waals surface area contributed by atoms with Crippen LogP contribution in [0.2, 0.25) is 0 Å². The van der Waals surface area contributed by atoms with Crippen LogP contribution in [0, 0.1) is 0 Å². The van der Waals surface area contributed by atoms with Gasteiger partial charge in [-0.2, -0.15) is 4.98 Å². The van der Waals surface area contributed by atoms with Gasteiger partial charge in [0.05, 0.1) is 5.52 Å². The highest BCUT2D eigenvalue weighted by molar-refractivity contribution is 5.96. The van der Waals surface area contributed by atoms with Crippen molar-refractivity contribution in [1.29, 1.82) is 0 Å². The molecule has 1 amide bonds. The summed E-state index contributed by atoms with van der Waals surface area (Å²) in [6.45, 7) is 4.85. The Hall–Kier alpha value is -4.67. The van der Waals surface area contributed by atoms with Crippen molar-refractivity contribution in [3.63, 3.8) is 0 Å². The number of benzene rings is 2. The van der Waals surface area contributed by atoms with Crippen molar-refractivity contribution < 1.29 is 24.6 Å². The molecule has 1 unspecified atom stereocenters. The van der Waals surface area contributed by atoms with E-state index in [4.69, 9.17) is 16.6 Å². The first kappa shape index (κ1) is 25.0. The molecule has 0 aliphatic rings. The lowest BCUT2D eigenvalue weighted by Crippen LogP contribution is -2.41. The van der Waals surface area contributed by atoms with Crippen LogP contribution in [0.15, 0.2) is 55.1 Å². The Morgan fingerprint density at radius 3 is 2.43 bits per heavy atom. The summed E-state index contributed by atoms with van der Waals surface area (Å²) < 4.78 is 0. The van der Waals surface area contributed by atoms with Gasteiger partial charge in [-0.1, -0.05) is 18.2 Å². The molecule has 7 N–H and O–H groups in total. The number of carbonyl (C=O) groups is 3. The molecule has 0 aliphatic heterocycles. The van der Waals surface area contributed by atoms with Gasteiger partial charge in [-0.15, -0.1) is 6.58 Å². The first-order valence-corrected chi connectivity index (χ1v) is 10.7. The zero-order chi connectivity index (χ0) is 25.5. The minimum absolute atomic E-state index is 0.103. The molecule has 0 radical (unpaired) electrons. The summed E-state index contributed by atoms with van der Waals surface area (Å²) in [6, 6.07) is 11.0. The molecule has 11 nitrogen and oxygen atoms in total. The lowest BCUT2D eigenvalue weighted by atomic mass is 10.1. The third-order valence-electron chi connectivity index (χ3n) is 5.28. The highest BCUT2D eigenvalue weighted by atomic mass is 16.4. The van der Waals surface area contributed by atoms with Crippen molar-refractivity contribution in [2.45, 2.75) is 25.4 Å². The van der Waals surface area contributed by atoms with E-state index in [1.807, 2.05) is 23.1 Å². The van der Waals surface area contributed by atoms with E-state index in [-0.39, 0.29) is 30.2 Å². The average molecular weight is 479 g/mol. The monoisotopic (exact) mass is 478 g/mol. The molecule has 0 spiro atoms. The van der Waals surface area contributed by atoms with Gasteiger partial charge in [0, 0.05) is 36.1 Å². The van der Waals surface area contributed by atoms with Crippen LogP contribution < -0.4 is 21.7 Å². The number of hydrogen-bond donors (Lipinski definition) is 5. The summed E-state index contributed by atoms with van der Waals surface area (Å²) in [7, 11) is 0. The number of amides is 1. The fourth-order valence-electron chi connectivity index (χ4n) is 3.52. The molecule has 0 saturated carbocycles. The van der Waals surface area contributed by atoms with Crippen molar-refractivity contribution in [3.8, 4) is 0 Å². The highest BCUT2D eigenvalue weighted by Gasteiger charge is 2.21. The fraction of sp³-hybridized carbons (Fsp3) is 0.208. The summed E-state index contributed by atoms with van der Waals surface area (Å²) in [4.78, 5) is 44.8. The van der Waals surface area contributed by atoms with Gasteiger partial charge in [0.1, 0.15) is 11.9 Å². The Bertz CT molecular complexity index is 1260. The van der Waals surface area contributed by atoms with Crippen molar-refractivity contribution in [1.82, 2.24) is 15.3 Å². The first-order valence-electron chi connectivity index (χ1n) is 10.7. The number of anilines is 3. The summed E-state index contributed by atoms with van der Waals surface area (Å²) in [5.74, 6) is -2.63. The second-order valence-corrected chi connectivity index (χ2v) is 7.83. The molecule has 1 atom stereocenters. The number of nitrogens with two attached hydrogens (primary N) is 2. The Kier molecular flexibility index (Phi) is 7.82. The van der Waals surface area contributed by atoms with Crippen LogP contribution in [-0.2, 0) is 16.1 Å². The van der Waals surface area contributed by atoms with E-state index in [0.717, 1.165) is 11.3 Å². The number of nitrogens with zero attached hydrogens (tertiary/aromatic N) is 3. The van der Waals surface area contributed by atoms with Crippen LogP contribution in [0.1, 0.15) is 28.8 Å². The number of carbonyl (C=O) groups excluding carboxylic acids is 1. The molecule has 1 aromatic heterocycles. The predicted molar refractivity (Wildman–Crippen MR) is 132 cm³/mol. The van der Waals surface area contributed by atoms with E-state index in [2.05, 4.69) is 21.9 Å². The van der Waals surface area contributed by atoms with Crippen molar-refractivity contribution in [2.24, 2.45) is 0 Å². The smallest absolute Gasteiger partial charge is 0.326 e. The van der Waals surface area contributed by atoms with Gasteiger partial charge in [-0.05, 0) is 42.3 Å². The highest BCUT2D eigenvalue weighted by Crippen LogP contribution is 2.26. The maximum atomic E-state index is 12.5. The van der Waals surface area contributed by atoms with Crippen LogP contribution >= 0.6 is 0 Å². The molecule has 3 rings (SSSR count). The van der Waals surface area contributed by atoms with Gasteiger partial charge in [0.25, 0.3) is 5.91 Å². The van der Waals surface area contributed by atoms with E-state index in [9.17, 15) is 19.5 Å². The number of hydrogen-bond acceptors (Lipinski definition) is 8. The minimum atomic E-state index is -1.29. The molecule has 3 aromatic rings. The first-order chi connectivity index (χ1) is 16.7. The van der Waals surface area contributed by atoms with Gasteiger partial charge in [0.15, 0.2) is 0 Å². The van der Waals surface area contributed by atoms with E-state index >= 15 is 0 Å². The van der Waals surface area contributed by atoms with E-state index in [0.29, 0.717) is 24.0 Å². The Morgan fingerprint density at radius 2 is 1.80 bits per heavy atom. The van der Waals surface area contributed by atoms with E-state index in [1.54, 1.807) is 30.3 Å². The van der Waals surface area contributed by atoms with Crippen LogP contribution in [0.3, 0.4) is 0 Å². The van der Waals surface area contributed by atoms with Crippen molar-refractivity contribution in [2.75, 3.05) is 22.9 Å². The zero-order valence-electron chi connectivity index (χ0n) is 18.8. The standard InChI is InChI=1S/C24H26N6O5/c1-2-11-30(16-7-8-18-17(12-16)21(25)29-24(26)28-18)13-14-3-5-15(6-4-14)22(33)27-19(23(34)35)9-10-20(31)32/h2-8,12,19H,1,9-11,13H2,(H,27,33)(H,31,32)(H,34,35)(H4,25,26,28,29). The normalized spacial score (nSPS) is 11.5. The summed E-state index contributed by atoms with van der Waals surface area (Å²) >= 11 is 0. The Labute approximate surface area is 201 Å². The molecule has 1 heterocycles. The maximum absolute atomic E-state index is 12.5. The molecule has 0 saturated heterocycles. The second-order valence-electron chi connectivity index (χ2n) is 7.83. The molecule has 0 fully saturated rings. The van der Waals surface area contributed by atoms with E-state index in [1.165, 1.54) is 0 Å². The van der Waals surface area contributed by atoms with Crippen molar-refractivity contribution >= 4 is 46.2 Å². The van der Waals surface area contributed by atoms with Crippen molar-refractivity contribution in [3.05, 3.63) is 66.2 Å². The lowest BCUT2D eigenvalue weighted by molar-refractivity contribution is -0.140. The molecule has 0 aliphatic carbocycles. The quantitative estimate of drug-likeness (QED) is 0.255. The number of carboxylic acids is 2. The van der Waals surface area contributed by atoms with Gasteiger partial charge in [-0.25, -0.2) is 9.78 Å². The number of fused-ring (bicyclic) bond motifs is 1. The average Bonchev–Trinajstić information content (AvgIpc) is 2.81. The van der Waals surface area contributed by atoms with Crippen LogP contribution in [0.25, 0.3) is 10.9 Å². The second kappa shape index (κ2) is 11.0. The van der Waals surface area contributed by atoms with Gasteiger partial charge in [0.2, 0.25) is 5.95 Å². The largest absolute Gasteiger partial charge is 0.481 e. The molecule has 0 bridgehead atoms. The summed E-state index contributed by atoms with van der Waals surface area (Å²) in [5, 5.41) is 21.0. The minimum Gasteiger partial charge on any atom is -0.481 e. The van der Waals surface area contributed by atoms with Gasteiger partial charge < -0.3 is 31.9 Å². The lowest BCUT2D eigenvalue weighted by Gasteiger charge is -2.24. The molecular formula is C24H26N6O5. The molecule has 182 valence electrons. The zero-order valence-corrected chi connectivity index (χ0v) is 18.8. The number of rotatable bonds is 11. The molecule has 35 heavy (non-hydrogen) atoms. The maximum Gasteiger partial charge on any atom is 0.326 e. The Morgan fingerprint density at radius 1 is 1.09 bits per heavy atom. The van der Waals surface area contributed by atoms with E-state index < -0.39 is 23.9 Å². The predicted octanol–water partition coefficient (Wildman–Crippen LogP) is 2.03. The molecule has 11 heteroatoms. The van der Waals surface area contributed by atoms with Gasteiger partial charge >= 0.3 is 11.9 Å². The molecular weight excluding hydrogens is 452 g/mol.